The summed E-state index contributed by atoms with van der Waals surface area (Å²) in [6.07, 6.45) is 0. The van der Waals surface area contributed by atoms with Gasteiger partial charge in [-0.05, 0) is 63.4 Å². The number of rotatable bonds is 3. The van der Waals surface area contributed by atoms with E-state index >= 15 is 0 Å². The van der Waals surface area contributed by atoms with E-state index in [1.807, 2.05) is 13.8 Å². The molecule has 0 unspecified atom stereocenters. The van der Waals surface area contributed by atoms with Crippen LogP contribution >= 0.6 is 22.6 Å². The highest BCUT2D eigenvalue weighted by atomic mass is 127. The topological polar surface area (TPSA) is 35.2 Å². The molecule has 2 N–H and O–H groups in total. The molecule has 0 saturated carbocycles. The average molecular weight is 301 g/mol. The van der Waals surface area contributed by atoms with Crippen LogP contribution < -0.4 is 5.73 Å². The molecule has 0 saturated heterocycles. The first-order valence-electron chi connectivity index (χ1n) is 4.14. The summed E-state index contributed by atoms with van der Waals surface area (Å²) in [5.41, 5.74) is 6.05. The van der Waals surface area contributed by atoms with Gasteiger partial charge in [-0.3, -0.25) is 0 Å². The van der Waals surface area contributed by atoms with Crippen molar-refractivity contribution in [2.75, 3.05) is 0 Å². The lowest BCUT2D eigenvalue weighted by molar-refractivity contribution is 0.201. The van der Waals surface area contributed by atoms with Gasteiger partial charge in [-0.2, -0.15) is 0 Å². The monoisotopic (exact) mass is 301 g/mol. The zero-order valence-electron chi connectivity index (χ0n) is 8.86. The lowest BCUT2D eigenvalue weighted by Crippen LogP contribution is -2.60. The van der Waals surface area contributed by atoms with Gasteiger partial charge in [0.05, 0.1) is 0 Å². The molecular weight excluding hydrogens is 281 g/mol. The summed E-state index contributed by atoms with van der Waals surface area (Å²) in [5, 5.41) is -0.185. The Labute approximate surface area is 90.5 Å². The number of halogens is 1. The summed E-state index contributed by atoms with van der Waals surface area (Å²) >= 11 is 2.30. The smallest absolute Gasteiger partial charge is 0.207 e. The second kappa shape index (κ2) is 3.55. The summed E-state index contributed by atoms with van der Waals surface area (Å²) in [7, 11) is -1.77. The van der Waals surface area contributed by atoms with E-state index in [-0.39, 0.29) is 8.77 Å². The number of nitrogens with two attached hydrogens (primary N) is 1. The van der Waals surface area contributed by atoms with Crippen molar-refractivity contribution >= 4 is 30.9 Å². The van der Waals surface area contributed by atoms with Crippen molar-refractivity contribution in [1.29, 1.82) is 0 Å². The first kappa shape index (κ1) is 12.9. The van der Waals surface area contributed by atoms with Crippen LogP contribution in [-0.2, 0) is 4.43 Å². The molecule has 0 aliphatic carbocycles. The van der Waals surface area contributed by atoms with Gasteiger partial charge in [-0.25, -0.2) is 0 Å². The summed E-state index contributed by atoms with van der Waals surface area (Å²) < 4.78 is 5.88. The molecule has 0 heterocycles. The van der Waals surface area contributed by atoms with Gasteiger partial charge in [0.25, 0.3) is 0 Å². The first-order valence-corrected chi connectivity index (χ1v) is 8.12. The molecular formula is C8H20INOSi. The Morgan fingerprint density at radius 3 is 1.58 bits per heavy atom. The molecule has 0 aromatic carbocycles. The van der Waals surface area contributed by atoms with Crippen LogP contribution in [0.25, 0.3) is 0 Å². The Morgan fingerprint density at radius 2 is 1.50 bits per heavy atom. The molecule has 0 radical (unpaired) electrons. The minimum absolute atomic E-state index is 0.107. The molecule has 0 atom stereocenters. The highest BCUT2D eigenvalue weighted by Crippen LogP contribution is 2.28. The molecule has 0 fully saturated rings. The summed E-state index contributed by atoms with van der Waals surface area (Å²) in [6, 6.07) is 0. The summed E-state index contributed by atoms with van der Waals surface area (Å²) in [5.74, 6) is 0. The van der Waals surface area contributed by atoms with Crippen LogP contribution in [-0.4, -0.2) is 17.1 Å². The zero-order chi connectivity index (χ0) is 10.2. The molecule has 0 aromatic rings. The van der Waals surface area contributed by atoms with Crippen LogP contribution in [0.2, 0.25) is 13.1 Å². The van der Waals surface area contributed by atoms with Gasteiger partial charge in [0.1, 0.15) is 3.61 Å². The maximum atomic E-state index is 6.05. The molecule has 0 rings (SSSR count). The van der Waals surface area contributed by atoms with E-state index in [9.17, 15) is 0 Å². The minimum Gasteiger partial charge on any atom is -0.402 e. The first-order chi connectivity index (χ1) is 4.96. The van der Waals surface area contributed by atoms with E-state index in [0.29, 0.717) is 0 Å². The Balaban J connectivity index is 4.44. The van der Waals surface area contributed by atoms with Crippen molar-refractivity contribution < 1.29 is 4.43 Å². The number of hydrogen-bond acceptors (Lipinski definition) is 2. The van der Waals surface area contributed by atoms with Crippen molar-refractivity contribution in [3.63, 3.8) is 0 Å². The zero-order valence-corrected chi connectivity index (χ0v) is 12.0. The maximum Gasteiger partial charge on any atom is 0.207 e. The Morgan fingerprint density at radius 1 is 1.17 bits per heavy atom. The van der Waals surface area contributed by atoms with E-state index in [0.717, 1.165) is 0 Å². The van der Waals surface area contributed by atoms with Gasteiger partial charge in [0, 0.05) is 5.16 Å². The van der Waals surface area contributed by atoms with Gasteiger partial charge in [-0.1, -0.05) is 0 Å². The molecule has 0 aliphatic rings. The van der Waals surface area contributed by atoms with Crippen molar-refractivity contribution in [1.82, 2.24) is 0 Å². The fourth-order valence-electron chi connectivity index (χ4n) is 0.738. The molecule has 4 heteroatoms. The molecule has 12 heavy (non-hydrogen) atoms. The van der Waals surface area contributed by atoms with Crippen LogP contribution in [0.3, 0.4) is 0 Å². The third-order valence-electron chi connectivity index (χ3n) is 2.05. The van der Waals surface area contributed by atoms with Crippen molar-refractivity contribution in [2.45, 2.75) is 49.6 Å². The molecule has 2 nitrogen and oxygen atoms in total. The fourth-order valence-corrected chi connectivity index (χ4v) is 3.87. The van der Waals surface area contributed by atoms with Crippen molar-refractivity contribution in [3.8, 4) is 0 Å². The van der Waals surface area contributed by atoms with Gasteiger partial charge in [0.15, 0.2) is 0 Å². The number of hydrogen-bond donors (Lipinski definition) is 1. The van der Waals surface area contributed by atoms with Crippen LogP contribution in [0.15, 0.2) is 0 Å². The predicted octanol–water partition coefficient (Wildman–Crippen LogP) is 2.66. The highest BCUT2D eigenvalue weighted by molar-refractivity contribution is 14.1. The Hall–Kier alpha value is 0.867. The fraction of sp³-hybridized carbons (Fsp3) is 1.00. The molecule has 0 spiro atoms. The SMILES string of the molecule is CC(C)(I)O[Si](C)(C)C(C)(C)N. The van der Waals surface area contributed by atoms with Gasteiger partial charge in [0.2, 0.25) is 8.32 Å². The van der Waals surface area contributed by atoms with Gasteiger partial charge < -0.3 is 10.2 Å². The second-order valence-electron chi connectivity index (χ2n) is 4.70. The minimum atomic E-state index is -1.77. The Kier molecular flexibility index (Phi) is 3.81. The van der Waals surface area contributed by atoms with E-state index in [1.54, 1.807) is 0 Å². The summed E-state index contributed by atoms with van der Waals surface area (Å²) in [4.78, 5) is 0. The molecule has 74 valence electrons. The molecule has 0 aromatic heterocycles. The molecule has 0 amide bonds. The van der Waals surface area contributed by atoms with Crippen molar-refractivity contribution in [3.05, 3.63) is 0 Å². The van der Waals surface area contributed by atoms with Crippen LogP contribution in [0.1, 0.15) is 27.7 Å². The van der Waals surface area contributed by atoms with E-state index in [1.165, 1.54) is 0 Å². The lowest BCUT2D eigenvalue weighted by Gasteiger charge is -2.40. The van der Waals surface area contributed by atoms with E-state index in [4.69, 9.17) is 10.2 Å². The van der Waals surface area contributed by atoms with Gasteiger partial charge in [-0.15, -0.1) is 0 Å². The van der Waals surface area contributed by atoms with Crippen molar-refractivity contribution in [2.24, 2.45) is 5.73 Å². The largest absolute Gasteiger partial charge is 0.402 e. The lowest BCUT2D eigenvalue weighted by atomic mass is 10.4. The average Bonchev–Trinajstić information content (AvgIpc) is 1.52. The second-order valence-corrected chi connectivity index (χ2v) is 11.8. The highest BCUT2D eigenvalue weighted by Gasteiger charge is 2.41. The van der Waals surface area contributed by atoms with Gasteiger partial charge >= 0.3 is 0 Å². The number of alkyl halides is 1. The van der Waals surface area contributed by atoms with Crippen LogP contribution in [0.5, 0.6) is 0 Å². The predicted molar refractivity (Wildman–Crippen MR) is 64.9 cm³/mol. The molecule has 0 bridgehead atoms. The van der Waals surface area contributed by atoms with Crippen LogP contribution in [0, 0.1) is 0 Å². The normalized spacial score (nSPS) is 15.0. The van der Waals surface area contributed by atoms with Crippen LogP contribution in [0.4, 0.5) is 0 Å². The van der Waals surface area contributed by atoms with E-state index in [2.05, 4.69) is 49.5 Å². The maximum absolute atomic E-state index is 6.05. The quantitative estimate of drug-likeness (QED) is 0.494. The standard InChI is InChI=1S/C8H20INOSi/c1-7(2,9)11-12(5,6)8(3,4)10/h10H2,1-6H3. The summed E-state index contributed by atoms with van der Waals surface area (Å²) in [6.45, 7) is 12.5. The third-order valence-corrected chi connectivity index (χ3v) is 6.81. The molecule has 0 aliphatic heterocycles. The Bertz CT molecular complexity index is 157. The van der Waals surface area contributed by atoms with E-state index < -0.39 is 8.32 Å². The third kappa shape index (κ3) is 4.20.